The summed E-state index contributed by atoms with van der Waals surface area (Å²) in [6, 6.07) is 15.0. The van der Waals surface area contributed by atoms with Gasteiger partial charge in [0.1, 0.15) is 0 Å². The number of carbonyl (C=O) groups excluding carboxylic acids is 3. The molecule has 38 heavy (non-hydrogen) atoms. The Bertz CT molecular complexity index is 1250. The van der Waals surface area contributed by atoms with Gasteiger partial charge < -0.3 is 29.8 Å². The summed E-state index contributed by atoms with van der Waals surface area (Å²) in [4.78, 5) is 53.8. The summed E-state index contributed by atoms with van der Waals surface area (Å²) in [5.74, 6) is -0.902. The number of rotatable bonds is 8. The molecule has 3 N–H and O–H groups in total. The fraction of sp³-hybridized carbons (Fsp3) is 0.464. The number of hydrogen-bond donors (Lipinski definition) is 3. The van der Waals surface area contributed by atoms with Gasteiger partial charge in [-0.15, -0.1) is 0 Å². The lowest BCUT2D eigenvalue weighted by Gasteiger charge is -2.33. The van der Waals surface area contributed by atoms with E-state index in [4.69, 9.17) is 4.74 Å². The van der Waals surface area contributed by atoms with Crippen LogP contribution in [0, 0.1) is 5.92 Å². The molecule has 3 heterocycles. The molecular weight excluding hydrogens is 502 g/mol. The standard InChI is InChI=1S/C28H35N3O6Si/c1-18-26(38(2,3)36)23(16-25(34)30(13-14-32)17-19-7-5-4-6-8-19)37-28(18)21-15-20(31-12-11-24(31)33)9-10-22(21)29-27(28)35/h4-10,15,18,23,26,32,36H,11-14,16-17H2,1-3H3,(H,29,35)/t18-,23+,26-,28+/m1/s1. The number of benzene rings is 2. The number of ether oxygens (including phenoxy) is 1. The van der Waals surface area contributed by atoms with Gasteiger partial charge in [-0.05, 0) is 36.9 Å². The summed E-state index contributed by atoms with van der Waals surface area (Å²) in [6.45, 7) is 6.49. The molecule has 3 amide bonds. The van der Waals surface area contributed by atoms with Crippen LogP contribution < -0.4 is 10.2 Å². The van der Waals surface area contributed by atoms with Crippen LogP contribution in [0.5, 0.6) is 0 Å². The molecule has 9 nitrogen and oxygen atoms in total. The lowest BCUT2D eigenvalue weighted by atomic mass is 9.82. The predicted molar refractivity (Wildman–Crippen MR) is 145 cm³/mol. The summed E-state index contributed by atoms with van der Waals surface area (Å²) >= 11 is 0. The highest BCUT2D eigenvalue weighted by atomic mass is 28.4. The lowest BCUT2D eigenvalue weighted by Crippen LogP contribution is -2.44. The zero-order valence-corrected chi connectivity index (χ0v) is 23.0. The maximum absolute atomic E-state index is 13.6. The average molecular weight is 538 g/mol. The van der Waals surface area contributed by atoms with Crippen LogP contribution >= 0.6 is 0 Å². The fourth-order valence-corrected chi connectivity index (χ4v) is 8.91. The van der Waals surface area contributed by atoms with Crippen molar-refractivity contribution in [3.8, 4) is 0 Å². The maximum Gasteiger partial charge on any atom is 0.261 e. The van der Waals surface area contributed by atoms with Crippen molar-refractivity contribution in [3.63, 3.8) is 0 Å². The molecule has 4 atom stereocenters. The van der Waals surface area contributed by atoms with Crippen molar-refractivity contribution in [1.29, 1.82) is 0 Å². The van der Waals surface area contributed by atoms with Crippen LogP contribution in [-0.2, 0) is 31.3 Å². The second kappa shape index (κ2) is 9.92. The van der Waals surface area contributed by atoms with Gasteiger partial charge in [0.2, 0.25) is 11.8 Å². The molecule has 0 unspecified atom stereocenters. The fourth-order valence-electron chi connectivity index (χ4n) is 6.36. The molecule has 5 rings (SSSR count). The molecule has 2 fully saturated rings. The lowest BCUT2D eigenvalue weighted by molar-refractivity contribution is -0.148. The quantitative estimate of drug-likeness (QED) is 0.352. The minimum atomic E-state index is -2.92. The molecule has 3 aliphatic heterocycles. The number of β-lactam (4-membered cyclic amide) rings is 1. The maximum atomic E-state index is 13.6. The predicted octanol–water partition coefficient (Wildman–Crippen LogP) is 2.58. The Balaban J connectivity index is 1.47. The van der Waals surface area contributed by atoms with Crippen LogP contribution in [0.4, 0.5) is 11.4 Å². The zero-order valence-electron chi connectivity index (χ0n) is 22.0. The Labute approximate surface area is 223 Å². The number of nitrogens with one attached hydrogen (secondary N) is 1. The average Bonchev–Trinajstić information content (AvgIpc) is 3.31. The summed E-state index contributed by atoms with van der Waals surface area (Å²) in [5.41, 5.74) is 1.14. The van der Waals surface area contributed by atoms with Crippen molar-refractivity contribution in [2.45, 2.75) is 56.7 Å². The van der Waals surface area contributed by atoms with Crippen molar-refractivity contribution in [2.24, 2.45) is 5.92 Å². The van der Waals surface area contributed by atoms with Crippen molar-refractivity contribution in [3.05, 3.63) is 59.7 Å². The van der Waals surface area contributed by atoms with Gasteiger partial charge in [-0.3, -0.25) is 14.4 Å². The third-order valence-electron chi connectivity index (χ3n) is 8.20. The first kappa shape index (κ1) is 26.5. The number of fused-ring (bicyclic) bond motifs is 2. The summed E-state index contributed by atoms with van der Waals surface area (Å²) in [7, 11) is -2.92. The van der Waals surface area contributed by atoms with E-state index in [2.05, 4.69) is 5.32 Å². The normalized spacial score (nSPS) is 26.3. The highest BCUT2D eigenvalue weighted by molar-refractivity contribution is 6.71. The topological polar surface area (TPSA) is 119 Å². The number of nitrogens with zero attached hydrogens (tertiary/aromatic N) is 2. The third-order valence-corrected chi connectivity index (χ3v) is 10.7. The minimum absolute atomic E-state index is 0.0203. The molecule has 2 saturated heterocycles. The van der Waals surface area contributed by atoms with Crippen LogP contribution in [0.2, 0.25) is 18.6 Å². The van der Waals surface area contributed by atoms with Crippen LogP contribution in [0.25, 0.3) is 0 Å². The van der Waals surface area contributed by atoms with E-state index in [0.29, 0.717) is 36.4 Å². The van der Waals surface area contributed by atoms with Crippen molar-refractivity contribution >= 4 is 37.4 Å². The van der Waals surface area contributed by atoms with Gasteiger partial charge in [-0.1, -0.05) is 37.3 Å². The Morgan fingerprint density at radius 1 is 1.21 bits per heavy atom. The molecule has 3 aliphatic rings. The molecule has 0 aliphatic carbocycles. The van der Waals surface area contributed by atoms with E-state index >= 15 is 0 Å². The number of carbonyl (C=O) groups is 3. The molecule has 10 heteroatoms. The van der Waals surface area contributed by atoms with Crippen LogP contribution in [0.3, 0.4) is 0 Å². The molecule has 1 spiro atoms. The second-order valence-corrected chi connectivity index (χ2v) is 15.0. The van der Waals surface area contributed by atoms with Gasteiger partial charge in [-0.2, -0.15) is 0 Å². The summed E-state index contributed by atoms with van der Waals surface area (Å²) < 4.78 is 6.61. The molecule has 0 saturated carbocycles. The van der Waals surface area contributed by atoms with E-state index in [0.717, 1.165) is 5.56 Å². The van der Waals surface area contributed by atoms with Gasteiger partial charge in [0.05, 0.1) is 19.1 Å². The first-order valence-corrected chi connectivity index (χ1v) is 16.2. The van der Waals surface area contributed by atoms with Gasteiger partial charge in [0.25, 0.3) is 5.91 Å². The molecule has 2 aromatic carbocycles. The van der Waals surface area contributed by atoms with Gasteiger partial charge in [0, 0.05) is 54.5 Å². The minimum Gasteiger partial charge on any atom is -0.432 e. The van der Waals surface area contributed by atoms with Crippen LogP contribution in [-0.4, -0.2) is 66.6 Å². The van der Waals surface area contributed by atoms with E-state index in [-0.39, 0.29) is 37.3 Å². The number of amides is 3. The number of anilines is 2. The molecule has 202 valence electrons. The van der Waals surface area contributed by atoms with Crippen molar-refractivity contribution in [1.82, 2.24) is 4.90 Å². The Morgan fingerprint density at radius 2 is 1.95 bits per heavy atom. The molecule has 0 radical (unpaired) electrons. The van der Waals surface area contributed by atoms with E-state index < -0.39 is 31.5 Å². The molecule has 0 aromatic heterocycles. The van der Waals surface area contributed by atoms with E-state index in [1.54, 1.807) is 15.9 Å². The highest BCUT2D eigenvalue weighted by Crippen LogP contribution is 2.58. The Kier molecular flexibility index (Phi) is 6.93. The zero-order chi connectivity index (χ0) is 27.2. The first-order valence-electron chi connectivity index (χ1n) is 13.2. The monoisotopic (exact) mass is 537 g/mol. The SMILES string of the molecule is C[C@@H]1[C@@H]([Si](C)(C)O)[C@H](CC(=O)N(CCO)Cc2ccccc2)O[C@@]12C(=O)Nc1ccc(N3CCC3=O)cc12. The van der Waals surface area contributed by atoms with Crippen molar-refractivity contribution < 1.29 is 29.0 Å². The highest BCUT2D eigenvalue weighted by Gasteiger charge is 2.65. The van der Waals surface area contributed by atoms with Crippen LogP contribution in [0.15, 0.2) is 48.5 Å². The first-order chi connectivity index (χ1) is 18.1. The Hall–Kier alpha value is -3.05. The third kappa shape index (κ3) is 4.45. The smallest absolute Gasteiger partial charge is 0.261 e. The van der Waals surface area contributed by atoms with Crippen molar-refractivity contribution in [2.75, 3.05) is 29.9 Å². The number of aliphatic hydroxyl groups is 1. The molecule has 0 bridgehead atoms. The number of hydrogen-bond acceptors (Lipinski definition) is 6. The Morgan fingerprint density at radius 3 is 2.55 bits per heavy atom. The molecular formula is C28H35N3O6Si. The summed E-state index contributed by atoms with van der Waals surface area (Å²) in [5, 5.41) is 12.6. The van der Waals surface area contributed by atoms with Gasteiger partial charge >= 0.3 is 0 Å². The second-order valence-electron chi connectivity index (χ2n) is 11.1. The number of aliphatic hydroxyl groups excluding tert-OH is 1. The van der Waals surface area contributed by atoms with E-state index in [1.165, 1.54) is 0 Å². The largest absolute Gasteiger partial charge is 0.432 e. The van der Waals surface area contributed by atoms with E-state index in [9.17, 15) is 24.3 Å². The van der Waals surface area contributed by atoms with Gasteiger partial charge in [-0.25, -0.2) is 0 Å². The van der Waals surface area contributed by atoms with E-state index in [1.807, 2.05) is 62.5 Å². The summed E-state index contributed by atoms with van der Waals surface area (Å²) in [6.07, 6.45) is -0.212. The molecule has 2 aromatic rings. The van der Waals surface area contributed by atoms with Crippen LogP contribution in [0.1, 0.15) is 30.9 Å². The van der Waals surface area contributed by atoms with Gasteiger partial charge in [0.15, 0.2) is 13.9 Å².